The molecule has 0 heterocycles. The van der Waals surface area contributed by atoms with E-state index in [-0.39, 0.29) is 16.9 Å². The standard InChI is InChI=1S/C15H28O2Si/c1-8-10-14(12-9-11-13(2)16)17-18(6,7)15(3,4)5/h8-11,14H,12H2,1-7H3/b10-8+,11-9+/t14-/m0/s1. The summed E-state index contributed by atoms with van der Waals surface area (Å²) >= 11 is 0. The summed E-state index contributed by atoms with van der Waals surface area (Å²) in [5.41, 5.74) is 0. The molecule has 0 aliphatic heterocycles. The van der Waals surface area contributed by atoms with Gasteiger partial charge in [-0.15, -0.1) is 0 Å². The van der Waals surface area contributed by atoms with E-state index in [2.05, 4.69) is 39.9 Å². The van der Waals surface area contributed by atoms with E-state index in [1.807, 2.05) is 19.1 Å². The Morgan fingerprint density at radius 2 is 1.89 bits per heavy atom. The maximum atomic E-state index is 10.9. The number of allylic oxidation sites excluding steroid dienone is 2. The molecule has 2 nitrogen and oxygen atoms in total. The van der Waals surface area contributed by atoms with E-state index in [1.165, 1.54) is 0 Å². The molecule has 0 saturated carbocycles. The minimum Gasteiger partial charge on any atom is -0.410 e. The first-order valence-electron chi connectivity index (χ1n) is 6.58. The molecule has 0 spiro atoms. The van der Waals surface area contributed by atoms with Crippen LogP contribution >= 0.6 is 0 Å². The normalized spacial score (nSPS) is 15.5. The molecule has 1 atom stereocenters. The van der Waals surface area contributed by atoms with Crippen molar-refractivity contribution in [1.29, 1.82) is 0 Å². The van der Waals surface area contributed by atoms with Crippen molar-refractivity contribution in [2.24, 2.45) is 0 Å². The molecule has 18 heavy (non-hydrogen) atoms. The number of rotatable bonds is 6. The Morgan fingerprint density at radius 1 is 1.33 bits per heavy atom. The lowest BCUT2D eigenvalue weighted by molar-refractivity contribution is -0.112. The maximum Gasteiger partial charge on any atom is 0.192 e. The summed E-state index contributed by atoms with van der Waals surface area (Å²) in [5.74, 6) is 0.0848. The predicted octanol–water partition coefficient (Wildman–Crippen LogP) is 4.49. The smallest absolute Gasteiger partial charge is 0.192 e. The SMILES string of the molecule is C/C=C/[C@@H](C/C=C/C(C)=O)O[Si](C)(C)C(C)(C)C. The average Bonchev–Trinajstić information content (AvgIpc) is 2.14. The molecular weight excluding hydrogens is 240 g/mol. The first-order chi connectivity index (χ1) is 8.10. The highest BCUT2D eigenvalue weighted by Crippen LogP contribution is 2.37. The molecule has 0 unspecified atom stereocenters. The summed E-state index contributed by atoms with van der Waals surface area (Å²) in [4.78, 5) is 10.9. The van der Waals surface area contributed by atoms with Gasteiger partial charge in [0, 0.05) is 0 Å². The summed E-state index contributed by atoms with van der Waals surface area (Å²) < 4.78 is 6.31. The molecule has 0 aromatic carbocycles. The van der Waals surface area contributed by atoms with Crippen LogP contribution in [-0.4, -0.2) is 20.2 Å². The van der Waals surface area contributed by atoms with Crippen LogP contribution in [-0.2, 0) is 9.22 Å². The van der Waals surface area contributed by atoms with Gasteiger partial charge in [0.05, 0.1) is 6.10 Å². The zero-order valence-electron chi connectivity index (χ0n) is 12.9. The van der Waals surface area contributed by atoms with Crippen LogP contribution in [0.3, 0.4) is 0 Å². The van der Waals surface area contributed by atoms with Crippen molar-refractivity contribution in [3.8, 4) is 0 Å². The molecule has 0 saturated heterocycles. The van der Waals surface area contributed by atoms with Crippen molar-refractivity contribution >= 4 is 14.1 Å². The minimum absolute atomic E-state index is 0.0755. The van der Waals surface area contributed by atoms with Gasteiger partial charge in [-0.2, -0.15) is 0 Å². The maximum absolute atomic E-state index is 10.9. The summed E-state index contributed by atoms with van der Waals surface area (Å²) in [6, 6.07) is 0. The fourth-order valence-corrected chi connectivity index (χ4v) is 2.59. The molecule has 3 heteroatoms. The fraction of sp³-hybridized carbons (Fsp3) is 0.667. The Hall–Kier alpha value is -0.673. The van der Waals surface area contributed by atoms with Crippen molar-refractivity contribution in [2.75, 3.05) is 0 Å². The lowest BCUT2D eigenvalue weighted by atomic mass is 10.2. The lowest BCUT2D eigenvalue weighted by Gasteiger charge is -2.38. The van der Waals surface area contributed by atoms with E-state index < -0.39 is 8.32 Å². The van der Waals surface area contributed by atoms with Crippen LogP contribution in [0.2, 0.25) is 18.1 Å². The number of ketones is 1. The molecule has 0 rings (SSSR count). The van der Waals surface area contributed by atoms with Gasteiger partial charge in [0.15, 0.2) is 14.1 Å². The quantitative estimate of drug-likeness (QED) is 0.403. The summed E-state index contributed by atoms with van der Waals surface area (Å²) in [6.07, 6.45) is 8.44. The van der Waals surface area contributed by atoms with Crippen molar-refractivity contribution < 1.29 is 9.22 Å². The second kappa shape index (κ2) is 7.05. The summed E-state index contributed by atoms with van der Waals surface area (Å²) in [6.45, 7) is 14.8. The van der Waals surface area contributed by atoms with Crippen molar-refractivity contribution in [1.82, 2.24) is 0 Å². The van der Waals surface area contributed by atoms with Crippen LogP contribution in [0.25, 0.3) is 0 Å². The zero-order valence-corrected chi connectivity index (χ0v) is 13.9. The Balaban J connectivity index is 4.68. The number of carbonyl (C=O) groups is 1. The number of carbonyl (C=O) groups excluding carboxylic acids is 1. The topological polar surface area (TPSA) is 26.3 Å². The Labute approximate surface area is 113 Å². The first-order valence-corrected chi connectivity index (χ1v) is 9.48. The van der Waals surface area contributed by atoms with Crippen LogP contribution in [0.15, 0.2) is 24.3 Å². The third-order valence-corrected chi connectivity index (χ3v) is 7.88. The zero-order chi connectivity index (χ0) is 14.4. The van der Waals surface area contributed by atoms with E-state index in [9.17, 15) is 4.79 Å². The predicted molar refractivity (Wildman–Crippen MR) is 81.3 cm³/mol. The third-order valence-electron chi connectivity index (χ3n) is 3.38. The highest BCUT2D eigenvalue weighted by Gasteiger charge is 2.38. The van der Waals surface area contributed by atoms with Gasteiger partial charge in [-0.25, -0.2) is 0 Å². The van der Waals surface area contributed by atoms with E-state index in [0.717, 1.165) is 6.42 Å². The monoisotopic (exact) mass is 268 g/mol. The summed E-state index contributed by atoms with van der Waals surface area (Å²) in [7, 11) is -1.75. The van der Waals surface area contributed by atoms with Gasteiger partial charge in [-0.05, 0) is 44.5 Å². The van der Waals surface area contributed by atoms with E-state index >= 15 is 0 Å². The van der Waals surface area contributed by atoms with Crippen molar-refractivity contribution in [2.45, 2.75) is 65.3 Å². The van der Waals surface area contributed by atoms with Crippen molar-refractivity contribution in [3.05, 3.63) is 24.3 Å². The average molecular weight is 268 g/mol. The molecule has 0 aromatic heterocycles. The number of hydrogen-bond donors (Lipinski definition) is 0. The molecule has 0 aliphatic rings. The van der Waals surface area contributed by atoms with Crippen LogP contribution in [0.5, 0.6) is 0 Å². The highest BCUT2D eigenvalue weighted by molar-refractivity contribution is 6.74. The van der Waals surface area contributed by atoms with Gasteiger partial charge in [-0.1, -0.05) is 39.0 Å². The molecule has 0 N–H and O–H groups in total. The molecule has 104 valence electrons. The molecule has 0 bridgehead atoms. The van der Waals surface area contributed by atoms with Gasteiger partial charge < -0.3 is 4.43 Å². The Morgan fingerprint density at radius 3 is 2.28 bits per heavy atom. The van der Waals surface area contributed by atoms with Crippen LogP contribution in [0, 0.1) is 0 Å². The first kappa shape index (κ1) is 17.3. The van der Waals surface area contributed by atoms with Gasteiger partial charge >= 0.3 is 0 Å². The Kier molecular flexibility index (Phi) is 6.78. The highest BCUT2D eigenvalue weighted by atomic mass is 28.4. The van der Waals surface area contributed by atoms with Gasteiger partial charge in [-0.3, -0.25) is 4.79 Å². The molecular formula is C15H28O2Si. The molecule has 0 radical (unpaired) electrons. The second-order valence-electron chi connectivity index (χ2n) is 6.19. The molecule has 0 fully saturated rings. The van der Waals surface area contributed by atoms with Gasteiger partial charge in [0.25, 0.3) is 0 Å². The van der Waals surface area contributed by atoms with E-state index in [0.29, 0.717) is 0 Å². The summed E-state index contributed by atoms with van der Waals surface area (Å²) in [5, 5.41) is 0.205. The fourth-order valence-electron chi connectivity index (χ4n) is 1.30. The minimum atomic E-state index is -1.75. The lowest BCUT2D eigenvalue weighted by Crippen LogP contribution is -2.43. The van der Waals surface area contributed by atoms with Gasteiger partial charge in [0.1, 0.15) is 0 Å². The molecule has 0 amide bonds. The largest absolute Gasteiger partial charge is 0.410 e. The van der Waals surface area contributed by atoms with E-state index in [1.54, 1.807) is 13.0 Å². The van der Waals surface area contributed by atoms with E-state index in [4.69, 9.17) is 4.43 Å². The Bertz CT molecular complexity index is 322. The van der Waals surface area contributed by atoms with Crippen molar-refractivity contribution in [3.63, 3.8) is 0 Å². The van der Waals surface area contributed by atoms with Crippen LogP contribution in [0.4, 0.5) is 0 Å². The third kappa shape index (κ3) is 6.31. The molecule has 0 aliphatic carbocycles. The van der Waals surface area contributed by atoms with Crippen LogP contribution < -0.4 is 0 Å². The molecule has 0 aromatic rings. The number of hydrogen-bond acceptors (Lipinski definition) is 2. The second-order valence-corrected chi connectivity index (χ2v) is 10.9. The van der Waals surface area contributed by atoms with Gasteiger partial charge in [0.2, 0.25) is 0 Å². The van der Waals surface area contributed by atoms with Crippen LogP contribution in [0.1, 0.15) is 41.0 Å².